The van der Waals surface area contributed by atoms with Crippen LogP contribution in [0, 0.1) is 0 Å². The van der Waals surface area contributed by atoms with Crippen molar-refractivity contribution in [3.63, 3.8) is 0 Å². The Hall–Kier alpha value is -2.97. The maximum absolute atomic E-state index is 12.6. The van der Waals surface area contributed by atoms with Crippen LogP contribution < -0.4 is 17.0 Å². The van der Waals surface area contributed by atoms with E-state index < -0.39 is 23.1 Å². The van der Waals surface area contributed by atoms with Crippen molar-refractivity contribution in [3.8, 4) is 5.69 Å². The van der Waals surface area contributed by atoms with Crippen LogP contribution in [0.4, 0.5) is 18.9 Å². The fourth-order valence-corrected chi connectivity index (χ4v) is 2.08. The minimum absolute atomic E-state index is 0.0160. The standard InChI is InChI=1S/C13H8F3N3O3/c14-13(15,16)10-4-11(20)19(12(21)18-10)8-5-22-9-2-1-6(17)3-7(8)9/h1-5H,17H2,(H,18,21). The maximum Gasteiger partial charge on any atom is 0.431 e. The minimum Gasteiger partial charge on any atom is -0.462 e. The molecule has 3 rings (SSSR count). The van der Waals surface area contributed by atoms with E-state index in [1.807, 2.05) is 0 Å². The third-order valence-corrected chi connectivity index (χ3v) is 3.06. The summed E-state index contributed by atoms with van der Waals surface area (Å²) in [6, 6.07) is 4.84. The number of nitrogens with two attached hydrogens (primary N) is 1. The molecule has 0 unspecified atom stereocenters. The molecule has 22 heavy (non-hydrogen) atoms. The van der Waals surface area contributed by atoms with Gasteiger partial charge in [-0.25, -0.2) is 9.36 Å². The number of aromatic nitrogens is 2. The van der Waals surface area contributed by atoms with Gasteiger partial charge in [0.25, 0.3) is 5.56 Å². The molecular formula is C13H8F3N3O3. The predicted octanol–water partition coefficient (Wildman–Crippen LogP) is 1.87. The lowest BCUT2D eigenvalue weighted by molar-refractivity contribution is -0.141. The van der Waals surface area contributed by atoms with Crippen LogP contribution in [0.15, 0.2) is 44.5 Å². The highest BCUT2D eigenvalue weighted by Gasteiger charge is 2.33. The SMILES string of the molecule is Nc1ccc2occ(-n3c(=O)cc(C(F)(F)F)[nH]c3=O)c2c1. The fraction of sp³-hybridized carbons (Fsp3) is 0.0769. The Morgan fingerprint density at radius 2 is 1.91 bits per heavy atom. The first-order chi connectivity index (χ1) is 10.3. The Bertz CT molecular complexity index is 951. The molecule has 3 N–H and O–H groups in total. The van der Waals surface area contributed by atoms with Gasteiger partial charge in [-0.05, 0) is 18.2 Å². The number of nitrogens with zero attached hydrogens (tertiary/aromatic N) is 1. The van der Waals surface area contributed by atoms with Gasteiger partial charge >= 0.3 is 11.9 Å². The summed E-state index contributed by atoms with van der Waals surface area (Å²) in [5.41, 5.74) is 2.58. The molecule has 1 aromatic carbocycles. The Morgan fingerprint density at radius 1 is 1.18 bits per heavy atom. The first kappa shape index (κ1) is 14.0. The molecule has 9 heteroatoms. The number of hydrogen-bond donors (Lipinski definition) is 2. The van der Waals surface area contributed by atoms with Gasteiger partial charge in [-0.2, -0.15) is 13.2 Å². The number of anilines is 1. The number of rotatable bonds is 1. The van der Waals surface area contributed by atoms with E-state index in [0.717, 1.165) is 6.26 Å². The molecule has 0 radical (unpaired) electrons. The van der Waals surface area contributed by atoms with Crippen molar-refractivity contribution in [2.45, 2.75) is 6.18 Å². The zero-order chi connectivity index (χ0) is 16.1. The highest BCUT2D eigenvalue weighted by Crippen LogP contribution is 2.27. The monoisotopic (exact) mass is 311 g/mol. The van der Waals surface area contributed by atoms with Gasteiger partial charge in [-0.3, -0.25) is 4.79 Å². The third-order valence-electron chi connectivity index (χ3n) is 3.06. The summed E-state index contributed by atoms with van der Waals surface area (Å²) >= 11 is 0. The summed E-state index contributed by atoms with van der Waals surface area (Å²) < 4.78 is 43.5. The number of furan rings is 1. The van der Waals surface area contributed by atoms with Crippen LogP contribution in [-0.2, 0) is 6.18 Å². The first-order valence-corrected chi connectivity index (χ1v) is 5.98. The molecule has 0 saturated heterocycles. The van der Waals surface area contributed by atoms with Gasteiger partial charge in [-0.1, -0.05) is 0 Å². The Kier molecular flexibility index (Phi) is 2.87. The van der Waals surface area contributed by atoms with Crippen molar-refractivity contribution in [1.82, 2.24) is 9.55 Å². The largest absolute Gasteiger partial charge is 0.462 e. The fourth-order valence-electron chi connectivity index (χ4n) is 2.08. The van der Waals surface area contributed by atoms with E-state index in [4.69, 9.17) is 10.2 Å². The van der Waals surface area contributed by atoms with Gasteiger partial charge in [0.15, 0.2) is 0 Å². The lowest BCUT2D eigenvalue weighted by atomic mass is 10.2. The van der Waals surface area contributed by atoms with E-state index in [-0.39, 0.29) is 5.69 Å². The van der Waals surface area contributed by atoms with Crippen LogP contribution in [0.1, 0.15) is 5.69 Å². The number of hydrogen-bond acceptors (Lipinski definition) is 4. The highest BCUT2D eigenvalue weighted by molar-refractivity contribution is 5.88. The number of nitrogens with one attached hydrogen (secondary N) is 1. The van der Waals surface area contributed by atoms with Crippen molar-refractivity contribution in [3.05, 3.63) is 57.1 Å². The van der Waals surface area contributed by atoms with Crippen molar-refractivity contribution in [2.24, 2.45) is 0 Å². The molecular weight excluding hydrogens is 303 g/mol. The quantitative estimate of drug-likeness (QED) is 0.671. The van der Waals surface area contributed by atoms with Gasteiger partial charge in [0.1, 0.15) is 23.2 Å². The van der Waals surface area contributed by atoms with Crippen LogP contribution in [0.5, 0.6) is 0 Å². The second-order valence-corrected chi connectivity index (χ2v) is 4.54. The predicted molar refractivity (Wildman–Crippen MR) is 71.8 cm³/mol. The summed E-state index contributed by atoms with van der Waals surface area (Å²) in [5, 5.41) is 0.340. The lowest BCUT2D eigenvalue weighted by Gasteiger charge is -2.07. The average Bonchev–Trinajstić information content (AvgIpc) is 2.80. The molecule has 0 spiro atoms. The van der Waals surface area contributed by atoms with Crippen LogP contribution in [0.25, 0.3) is 16.7 Å². The number of aromatic amines is 1. The normalized spacial score (nSPS) is 12.0. The number of benzene rings is 1. The molecule has 0 aliphatic carbocycles. The minimum atomic E-state index is -4.82. The zero-order valence-electron chi connectivity index (χ0n) is 10.8. The Labute approximate surface area is 119 Å². The van der Waals surface area contributed by atoms with E-state index in [0.29, 0.717) is 27.3 Å². The second-order valence-electron chi connectivity index (χ2n) is 4.54. The molecule has 0 bridgehead atoms. The number of nitrogen functional groups attached to an aromatic ring is 1. The molecule has 0 aliphatic heterocycles. The molecule has 0 fully saturated rings. The molecule has 2 heterocycles. The third kappa shape index (κ3) is 2.16. The van der Waals surface area contributed by atoms with Gasteiger partial charge in [0, 0.05) is 17.1 Å². The van der Waals surface area contributed by atoms with E-state index in [1.165, 1.54) is 12.1 Å². The number of H-pyrrole nitrogens is 1. The number of fused-ring (bicyclic) bond motifs is 1. The van der Waals surface area contributed by atoms with Gasteiger partial charge in [0.05, 0.1) is 0 Å². The Balaban J connectivity index is 2.30. The van der Waals surface area contributed by atoms with E-state index in [9.17, 15) is 22.8 Å². The summed E-state index contributed by atoms with van der Waals surface area (Å²) in [6.07, 6.45) is -3.71. The van der Waals surface area contributed by atoms with Crippen molar-refractivity contribution >= 4 is 16.7 Å². The molecule has 3 aromatic rings. The summed E-state index contributed by atoms with van der Waals surface area (Å²) in [7, 11) is 0. The van der Waals surface area contributed by atoms with Crippen LogP contribution in [-0.4, -0.2) is 9.55 Å². The smallest absolute Gasteiger partial charge is 0.431 e. The summed E-state index contributed by atoms with van der Waals surface area (Å²) in [6.45, 7) is 0. The van der Waals surface area contributed by atoms with Crippen molar-refractivity contribution in [2.75, 3.05) is 5.73 Å². The average molecular weight is 311 g/mol. The van der Waals surface area contributed by atoms with Gasteiger partial charge < -0.3 is 15.1 Å². The topological polar surface area (TPSA) is 94.0 Å². The first-order valence-electron chi connectivity index (χ1n) is 5.98. The maximum atomic E-state index is 12.6. The van der Waals surface area contributed by atoms with Crippen LogP contribution >= 0.6 is 0 Å². The molecule has 0 aliphatic rings. The van der Waals surface area contributed by atoms with E-state index in [1.54, 1.807) is 11.1 Å². The second kappa shape index (κ2) is 4.52. The lowest BCUT2D eigenvalue weighted by Crippen LogP contribution is -2.35. The van der Waals surface area contributed by atoms with E-state index in [2.05, 4.69) is 0 Å². The summed E-state index contributed by atoms with van der Waals surface area (Å²) in [5.74, 6) is 0. The van der Waals surface area contributed by atoms with Crippen LogP contribution in [0.3, 0.4) is 0 Å². The van der Waals surface area contributed by atoms with Crippen LogP contribution in [0.2, 0.25) is 0 Å². The highest BCUT2D eigenvalue weighted by atomic mass is 19.4. The number of alkyl halides is 3. The zero-order valence-corrected chi connectivity index (χ0v) is 10.8. The number of halogens is 3. The molecule has 114 valence electrons. The molecule has 0 saturated carbocycles. The molecule has 0 atom stereocenters. The summed E-state index contributed by atoms with van der Waals surface area (Å²) in [4.78, 5) is 25.4. The van der Waals surface area contributed by atoms with Crippen molar-refractivity contribution in [1.29, 1.82) is 0 Å². The molecule has 2 aromatic heterocycles. The van der Waals surface area contributed by atoms with Gasteiger partial charge in [0.2, 0.25) is 0 Å². The van der Waals surface area contributed by atoms with Gasteiger partial charge in [-0.15, -0.1) is 0 Å². The molecule has 6 nitrogen and oxygen atoms in total. The van der Waals surface area contributed by atoms with Crippen molar-refractivity contribution < 1.29 is 17.6 Å². The Morgan fingerprint density at radius 3 is 2.55 bits per heavy atom. The van der Waals surface area contributed by atoms with E-state index >= 15 is 0 Å². The molecule has 0 amide bonds.